The van der Waals surface area contributed by atoms with Crippen LogP contribution in [0.1, 0.15) is 17.0 Å². The first-order chi connectivity index (χ1) is 8.47. The average Bonchev–Trinajstić information content (AvgIpc) is 2.29. The van der Waals surface area contributed by atoms with E-state index in [0.717, 1.165) is 17.0 Å². The molecule has 0 fully saturated rings. The summed E-state index contributed by atoms with van der Waals surface area (Å²) in [6.07, 6.45) is 0. The van der Waals surface area contributed by atoms with E-state index in [1.165, 1.54) is 6.07 Å². The number of rotatable bonds is 2. The van der Waals surface area contributed by atoms with Crippen molar-refractivity contribution in [2.75, 3.05) is 11.1 Å². The molecule has 0 aliphatic heterocycles. The standard InChI is InChI=1S/C13H15FN4/c1-7-4-5-11(10(14)6-7)18-13-12(15)16-8(2)9(3)17-13/h4-6H,1-3H3,(H2,15,16)(H,17,18). The van der Waals surface area contributed by atoms with Gasteiger partial charge in [-0.3, -0.25) is 0 Å². The number of halogens is 1. The van der Waals surface area contributed by atoms with Crippen LogP contribution in [0.4, 0.5) is 21.7 Å². The van der Waals surface area contributed by atoms with Gasteiger partial charge in [0, 0.05) is 0 Å². The summed E-state index contributed by atoms with van der Waals surface area (Å²) in [5.41, 5.74) is 8.49. The summed E-state index contributed by atoms with van der Waals surface area (Å²) in [6.45, 7) is 5.49. The van der Waals surface area contributed by atoms with E-state index in [1.807, 2.05) is 26.8 Å². The molecule has 2 aromatic rings. The van der Waals surface area contributed by atoms with Gasteiger partial charge < -0.3 is 11.1 Å². The molecule has 4 nitrogen and oxygen atoms in total. The number of nitrogens with one attached hydrogen (secondary N) is 1. The lowest BCUT2D eigenvalue weighted by Crippen LogP contribution is -2.06. The first-order valence-corrected chi connectivity index (χ1v) is 5.61. The Bertz CT molecular complexity index is 596. The summed E-state index contributed by atoms with van der Waals surface area (Å²) in [4.78, 5) is 8.41. The van der Waals surface area contributed by atoms with Crippen molar-refractivity contribution in [2.24, 2.45) is 0 Å². The molecule has 0 radical (unpaired) electrons. The molecule has 0 aliphatic carbocycles. The largest absolute Gasteiger partial charge is 0.381 e. The predicted molar refractivity (Wildman–Crippen MR) is 70.3 cm³/mol. The van der Waals surface area contributed by atoms with Crippen molar-refractivity contribution in [2.45, 2.75) is 20.8 Å². The quantitative estimate of drug-likeness (QED) is 0.855. The van der Waals surface area contributed by atoms with Crippen LogP contribution in [0.5, 0.6) is 0 Å². The average molecular weight is 246 g/mol. The van der Waals surface area contributed by atoms with Crippen LogP contribution in [0.15, 0.2) is 18.2 Å². The number of hydrogen-bond acceptors (Lipinski definition) is 4. The fourth-order valence-corrected chi connectivity index (χ4v) is 1.56. The molecule has 0 atom stereocenters. The maximum atomic E-state index is 13.7. The van der Waals surface area contributed by atoms with Crippen molar-refractivity contribution >= 4 is 17.3 Å². The zero-order valence-corrected chi connectivity index (χ0v) is 10.6. The summed E-state index contributed by atoms with van der Waals surface area (Å²) >= 11 is 0. The van der Waals surface area contributed by atoms with E-state index in [4.69, 9.17) is 5.73 Å². The second kappa shape index (κ2) is 4.60. The summed E-state index contributed by atoms with van der Waals surface area (Å²) in [5, 5.41) is 2.86. The van der Waals surface area contributed by atoms with E-state index >= 15 is 0 Å². The van der Waals surface area contributed by atoms with Gasteiger partial charge in [-0.05, 0) is 38.5 Å². The highest BCUT2D eigenvalue weighted by Crippen LogP contribution is 2.23. The molecule has 5 heteroatoms. The maximum absolute atomic E-state index is 13.7. The fourth-order valence-electron chi connectivity index (χ4n) is 1.56. The number of anilines is 3. The van der Waals surface area contributed by atoms with Gasteiger partial charge in [0.25, 0.3) is 0 Å². The number of benzene rings is 1. The third kappa shape index (κ3) is 2.40. The number of aromatic nitrogens is 2. The van der Waals surface area contributed by atoms with Crippen molar-refractivity contribution in [3.63, 3.8) is 0 Å². The summed E-state index contributed by atoms with van der Waals surface area (Å²) in [7, 11) is 0. The molecule has 2 rings (SSSR count). The highest BCUT2D eigenvalue weighted by atomic mass is 19.1. The smallest absolute Gasteiger partial charge is 0.173 e. The summed E-state index contributed by atoms with van der Waals surface area (Å²) < 4.78 is 13.7. The van der Waals surface area contributed by atoms with Crippen molar-refractivity contribution in [3.8, 4) is 0 Å². The van der Waals surface area contributed by atoms with Crippen LogP contribution >= 0.6 is 0 Å². The molecule has 0 amide bonds. The second-order valence-corrected chi connectivity index (χ2v) is 4.24. The number of hydrogen-bond donors (Lipinski definition) is 2. The highest BCUT2D eigenvalue weighted by Gasteiger charge is 2.09. The zero-order chi connectivity index (χ0) is 13.3. The van der Waals surface area contributed by atoms with E-state index in [9.17, 15) is 4.39 Å². The number of nitrogens with two attached hydrogens (primary N) is 1. The Labute approximate surface area is 105 Å². The van der Waals surface area contributed by atoms with E-state index < -0.39 is 0 Å². The molecule has 0 bridgehead atoms. The van der Waals surface area contributed by atoms with Gasteiger partial charge in [-0.15, -0.1) is 0 Å². The van der Waals surface area contributed by atoms with Crippen LogP contribution in [0, 0.1) is 26.6 Å². The van der Waals surface area contributed by atoms with Gasteiger partial charge >= 0.3 is 0 Å². The van der Waals surface area contributed by atoms with Gasteiger partial charge in [-0.1, -0.05) is 6.07 Å². The Hall–Kier alpha value is -2.17. The lowest BCUT2D eigenvalue weighted by molar-refractivity contribution is 0.630. The monoisotopic (exact) mass is 246 g/mol. The van der Waals surface area contributed by atoms with Gasteiger partial charge in [0.1, 0.15) is 5.82 Å². The van der Waals surface area contributed by atoms with Crippen LogP contribution in [0.3, 0.4) is 0 Å². The Morgan fingerprint density at radius 1 is 1.11 bits per heavy atom. The molecule has 0 saturated carbocycles. The lowest BCUT2D eigenvalue weighted by Gasteiger charge is -2.11. The number of aryl methyl sites for hydroxylation is 3. The molecule has 1 aromatic heterocycles. The van der Waals surface area contributed by atoms with Crippen LogP contribution in [0.25, 0.3) is 0 Å². The van der Waals surface area contributed by atoms with Crippen molar-refractivity contribution in [1.82, 2.24) is 9.97 Å². The Morgan fingerprint density at radius 3 is 2.44 bits per heavy atom. The topological polar surface area (TPSA) is 63.8 Å². The number of nitrogens with zero attached hydrogens (tertiary/aromatic N) is 2. The molecule has 3 N–H and O–H groups in total. The molecule has 1 aromatic carbocycles. The molecule has 94 valence electrons. The molecule has 0 unspecified atom stereocenters. The molecule has 18 heavy (non-hydrogen) atoms. The van der Waals surface area contributed by atoms with Crippen molar-refractivity contribution in [1.29, 1.82) is 0 Å². The van der Waals surface area contributed by atoms with Crippen molar-refractivity contribution < 1.29 is 4.39 Å². The SMILES string of the molecule is Cc1ccc(Nc2nc(C)c(C)nc2N)c(F)c1. The zero-order valence-electron chi connectivity index (χ0n) is 10.6. The fraction of sp³-hybridized carbons (Fsp3) is 0.231. The normalized spacial score (nSPS) is 10.4. The van der Waals surface area contributed by atoms with E-state index in [0.29, 0.717) is 11.5 Å². The predicted octanol–water partition coefficient (Wildman–Crippen LogP) is 2.87. The van der Waals surface area contributed by atoms with Gasteiger partial charge in [-0.2, -0.15) is 0 Å². The molecule has 0 saturated heterocycles. The Kier molecular flexibility index (Phi) is 3.14. The first-order valence-electron chi connectivity index (χ1n) is 5.61. The van der Waals surface area contributed by atoms with Crippen LogP contribution in [0.2, 0.25) is 0 Å². The first kappa shape index (κ1) is 12.3. The molecule has 0 spiro atoms. The number of nitrogen functional groups attached to an aromatic ring is 1. The third-order valence-electron chi connectivity index (χ3n) is 2.71. The maximum Gasteiger partial charge on any atom is 0.173 e. The second-order valence-electron chi connectivity index (χ2n) is 4.24. The lowest BCUT2D eigenvalue weighted by atomic mass is 10.2. The van der Waals surface area contributed by atoms with Crippen molar-refractivity contribution in [3.05, 3.63) is 41.0 Å². The van der Waals surface area contributed by atoms with Gasteiger partial charge in [0.2, 0.25) is 0 Å². The molecular formula is C13H15FN4. The highest BCUT2D eigenvalue weighted by molar-refractivity contribution is 5.66. The van der Waals surface area contributed by atoms with Gasteiger partial charge in [0.05, 0.1) is 17.1 Å². The van der Waals surface area contributed by atoms with E-state index in [2.05, 4.69) is 15.3 Å². The minimum absolute atomic E-state index is 0.262. The summed E-state index contributed by atoms with van der Waals surface area (Å²) in [6, 6.07) is 4.92. The molecular weight excluding hydrogens is 231 g/mol. The molecule has 1 heterocycles. The van der Waals surface area contributed by atoms with Gasteiger partial charge in [0.15, 0.2) is 11.6 Å². The van der Waals surface area contributed by atoms with Crippen LogP contribution in [-0.2, 0) is 0 Å². The van der Waals surface area contributed by atoms with Crippen LogP contribution in [-0.4, -0.2) is 9.97 Å². The minimum Gasteiger partial charge on any atom is -0.381 e. The van der Waals surface area contributed by atoms with Gasteiger partial charge in [-0.25, -0.2) is 14.4 Å². The van der Waals surface area contributed by atoms with Crippen LogP contribution < -0.4 is 11.1 Å². The van der Waals surface area contributed by atoms with E-state index in [1.54, 1.807) is 6.07 Å². The Balaban J connectivity index is 2.37. The third-order valence-corrected chi connectivity index (χ3v) is 2.71. The molecule has 0 aliphatic rings. The Morgan fingerprint density at radius 2 is 1.78 bits per heavy atom. The minimum atomic E-state index is -0.338. The summed E-state index contributed by atoms with van der Waals surface area (Å²) in [5.74, 6) is 0.299. The van der Waals surface area contributed by atoms with E-state index in [-0.39, 0.29) is 11.6 Å².